The Morgan fingerprint density at radius 3 is 2.62 bits per heavy atom. The van der Waals surface area contributed by atoms with Crippen molar-refractivity contribution in [3.05, 3.63) is 29.8 Å². The van der Waals surface area contributed by atoms with E-state index in [0.29, 0.717) is 5.69 Å². The number of nitrogens with zero attached hydrogens (tertiary/aromatic N) is 1. The van der Waals surface area contributed by atoms with Crippen molar-refractivity contribution >= 4 is 11.8 Å². The predicted molar refractivity (Wildman–Crippen MR) is 57.5 cm³/mol. The van der Waals surface area contributed by atoms with E-state index in [1.165, 1.54) is 4.90 Å². The van der Waals surface area contributed by atoms with E-state index in [1.807, 2.05) is 0 Å². The molecular weight excluding hydrogens is 211 g/mol. The number of benzene rings is 1. The van der Waals surface area contributed by atoms with E-state index in [9.17, 15) is 9.18 Å². The van der Waals surface area contributed by atoms with Gasteiger partial charge in [-0.2, -0.15) is 0 Å². The zero-order valence-corrected chi connectivity index (χ0v) is 8.73. The molecule has 0 aromatic heterocycles. The van der Waals surface area contributed by atoms with E-state index < -0.39 is 12.3 Å². The summed E-state index contributed by atoms with van der Waals surface area (Å²) in [5, 5.41) is 0. The van der Waals surface area contributed by atoms with Crippen LogP contribution in [0.4, 0.5) is 14.9 Å². The first-order valence-corrected chi connectivity index (χ1v) is 5.05. The summed E-state index contributed by atoms with van der Waals surface area (Å²) in [5.74, 6) is 0. The largest absolute Gasteiger partial charge is 0.445 e. The molecule has 86 valence electrons. The van der Waals surface area contributed by atoms with Gasteiger partial charge >= 0.3 is 6.09 Å². The second kappa shape index (κ2) is 4.38. The third-order valence-corrected chi connectivity index (χ3v) is 2.44. The van der Waals surface area contributed by atoms with Gasteiger partial charge in [0.15, 0.2) is 0 Å². The molecule has 0 spiro atoms. The molecule has 0 atom stereocenters. The number of anilines is 1. The molecule has 1 aromatic rings. The molecule has 2 N–H and O–H groups in total. The molecule has 0 aliphatic carbocycles. The van der Waals surface area contributed by atoms with Crippen LogP contribution >= 0.6 is 0 Å². The van der Waals surface area contributed by atoms with Gasteiger partial charge in [0.2, 0.25) is 0 Å². The van der Waals surface area contributed by atoms with Crippen LogP contribution in [0.5, 0.6) is 0 Å². The minimum absolute atomic E-state index is 0.139. The molecule has 2 rings (SSSR count). The molecule has 1 heterocycles. The third kappa shape index (κ3) is 2.42. The number of rotatable bonds is 2. The molecule has 4 nitrogen and oxygen atoms in total. The number of nitrogens with two attached hydrogens (primary N) is 1. The molecule has 1 amide bonds. The molecule has 0 radical (unpaired) electrons. The second-order valence-electron chi connectivity index (χ2n) is 3.80. The Balaban J connectivity index is 1.79. The maximum absolute atomic E-state index is 12.5. The van der Waals surface area contributed by atoms with Crippen LogP contribution in [0, 0.1) is 0 Å². The summed E-state index contributed by atoms with van der Waals surface area (Å²) in [7, 11) is 0. The van der Waals surface area contributed by atoms with E-state index in [1.54, 1.807) is 24.3 Å². The lowest BCUT2D eigenvalue weighted by atomic mass is 10.2. The summed E-state index contributed by atoms with van der Waals surface area (Å²) in [6.07, 6.45) is -1.37. The maximum atomic E-state index is 12.5. The smallest absolute Gasteiger partial charge is 0.410 e. The number of amides is 1. The lowest BCUT2D eigenvalue weighted by molar-refractivity contribution is 0.0352. The van der Waals surface area contributed by atoms with Gasteiger partial charge in [0.1, 0.15) is 12.8 Å². The van der Waals surface area contributed by atoms with E-state index in [2.05, 4.69) is 0 Å². The fourth-order valence-electron chi connectivity index (χ4n) is 1.42. The summed E-state index contributed by atoms with van der Waals surface area (Å²) in [5.41, 5.74) is 7.05. The number of ether oxygens (including phenoxy) is 1. The van der Waals surface area contributed by atoms with Crippen molar-refractivity contribution in [2.75, 3.05) is 18.8 Å². The van der Waals surface area contributed by atoms with Crippen molar-refractivity contribution in [2.45, 2.75) is 12.8 Å². The van der Waals surface area contributed by atoms with Crippen LogP contribution in [-0.4, -0.2) is 30.3 Å². The summed E-state index contributed by atoms with van der Waals surface area (Å²) >= 11 is 0. The van der Waals surface area contributed by atoms with E-state index in [-0.39, 0.29) is 19.7 Å². The number of carbonyl (C=O) groups is 1. The van der Waals surface area contributed by atoms with Crippen molar-refractivity contribution < 1.29 is 13.9 Å². The van der Waals surface area contributed by atoms with Crippen LogP contribution in [0.2, 0.25) is 0 Å². The van der Waals surface area contributed by atoms with Crippen molar-refractivity contribution in [1.82, 2.24) is 4.90 Å². The van der Waals surface area contributed by atoms with Crippen LogP contribution < -0.4 is 5.73 Å². The summed E-state index contributed by atoms with van der Waals surface area (Å²) in [4.78, 5) is 12.7. The van der Waals surface area contributed by atoms with Gasteiger partial charge in [0, 0.05) is 5.69 Å². The van der Waals surface area contributed by atoms with Crippen LogP contribution in [-0.2, 0) is 11.3 Å². The molecule has 1 aliphatic rings. The molecule has 5 heteroatoms. The number of nitrogen functional groups attached to an aromatic ring is 1. The van der Waals surface area contributed by atoms with Crippen molar-refractivity contribution in [1.29, 1.82) is 0 Å². The highest BCUT2D eigenvalue weighted by atomic mass is 19.1. The third-order valence-electron chi connectivity index (χ3n) is 2.44. The average molecular weight is 224 g/mol. The van der Waals surface area contributed by atoms with E-state index >= 15 is 0 Å². The maximum Gasteiger partial charge on any atom is 0.410 e. The fourth-order valence-corrected chi connectivity index (χ4v) is 1.42. The number of carbonyl (C=O) groups excluding carboxylic acids is 1. The Labute approximate surface area is 92.8 Å². The van der Waals surface area contributed by atoms with E-state index in [4.69, 9.17) is 10.5 Å². The van der Waals surface area contributed by atoms with Crippen LogP contribution in [0.3, 0.4) is 0 Å². The van der Waals surface area contributed by atoms with Crippen LogP contribution in [0.25, 0.3) is 0 Å². The van der Waals surface area contributed by atoms with Crippen molar-refractivity contribution in [3.63, 3.8) is 0 Å². The minimum atomic E-state index is -0.899. The monoisotopic (exact) mass is 224 g/mol. The Hall–Kier alpha value is -1.78. The normalized spacial score (nSPS) is 15.7. The summed E-state index contributed by atoms with van der Waals surface area (Å²) < 4.78 is 17.5. The number of alkyl halides is 1. The van der Waals surface area contributed by atoms with Gasteiger partial charge in [-0.25, -0.2) is 9.18 Å². The number of halogens is 1. The first-order valence-electron chi connectivity index (χ1n) is 5.05. The molecule has 0 unspecified atom stereocenters. The first-order chi connectivity index (χ1) is 7.65. The zero-order valence-electron chi connectivity index (χ0n) is 8.73. The Morgan fingerprint density at radius 2 is 2.06 bits per heavy atom. The highest BCUT2D eigenvalue weighted by molar-refractivity contribution is 5.68. The van der Waals surface area contributed by atoms with Crippen molar-refractivity contribution in [2.24, 2.45) is 0 Å². The standard InChI is InChI=1S/C11H13FN2O2/c12-9-5-14(6-9)11(15)16-7-8-1-3-10(13)4-2-8/h1-4,9H,5-7,13H2. The number of hydrogen-bond donors (Lipinski definition) is 1. The van der Waals surface area contributed by atoms with Gasteiger partial charge in [-0.1, -0.05) is 12.1 Å². The molecule has 1 aliphatic heterocycles. The van der Waals surface area contributed by atoms with Crippen LogP contribution in [0.15, 0.2) is 24.3 Å². The molecule has 16 heavy (non-hydrogen) atoms. The lowest BCUT2D eigenvalue weighted by Crippen LogP contribution is -2.51. The highest BCUT2D eigenvalue weighted by Crippen LogP contribution is 2.13. The molecule has 0 bridgehead atoms. The topological polar surface area (TPSA) is 55.6 Å². The fraction of sp³-hybridized carbons (Fsp3) is 0.364. The minimum Gasteiger partial charge on any atom is -0.445 e. The predicted octanol–water partition coefficient (Wildman–Crippen LogP) is 1.56. The lowest BCUT2D eigenvalue weighted by Gasteiger charge is -2.33. The van der Waals surface area contributed by atoms with Gasteiger partial charge in [0.25, 0.3) is 0 Å². The number of hydrogen-bond acceptors (Lipinski definition) is 3. The van der Waals surface area contributed by atoms with Crippen LogP contribution in [0.1, 0.15) is 5.56 Å². The second-order valence-corrected chi connectivity index (χ2v) is 3.80. The number of likely N-dealkylation sites (tertiary alicyclic amines) is 1. The summed E-state index contributed by atoms with van der Waals surface area (Å²) in [6.45, 7) is 0.466. The van der Waals surface area contributed by atoms with Gasteiger partial charge in [-0.15, -0.1) is 0 Å². The molecule has 0 saturated carbocycles. The molecule has 1 fully saturated rings. The van der Waals surface area contributed by atoms with Crippen molar-refractivity contribution in [3.8, 4) is 0 Å². The Bertz CT molecular complexity index is 374. The van der Waals surface area contributed by atoms with Gasteiger partial charge in [-0.05, 0) is 17.7 Å². The summed E-state index contributed by atoms with van der Waals surface area (Å²) in [6, 6.07) is 7.06. The first kappa shape index (κ1) is 10.7. The molecule has 1 aromatic carbocycles. The Morgan fingerprint density at radius 1 is 1.44 bits per heavy atom. The van der Waals surface area contributed by atoms with Gasteiger partial charge in [0.05, 0.1) is 13.1 Å². The Kier molecular flexibility index (Phi) is 2.94. The quantitative estimate of drug-likeness (QED) is 0.775. The molecule has 1 saturated heterocycles. The van der Waals surface area contributed by atoms with Gasteiger partial charge < -0.3 is 15.4 Å². The zero-order chi connectivity index (χ0) is 11.5. The molecular formula is C11H13FN2O2. The highest BCUT2D eigenvalue weighted by Gasteiger charge is 2.31. The van der Waals surface area contributed by atoms with Gasteiger partial charge in [-0.3, -0.25) is 0 Å². The van der Waals surface area contributed by atoms with E-state index in [0.717, 1.165) is 5.56 Å². The average Bonchev–Trinajstić information content (AvgIpc) is 2.24. The SMILES string of the molecule is Nc1ccc(COC(=O)N2CC(F)C2)cc1.